The monoisotopic (exact) mass is 509 g/mol. The SMILES string of the molecule is Oc1ccccc1N1C(=S)N[C@H](c2ccccn2)[C@H]1c1ccc(-c2ccc(F)cc2Br)o1. The van der Waals surface area contributed by atoms with Crippen LogP contribution < -0.4 is 10.2 Å². The molecule has 1 fully saturated rings. The van der Waals surface area contributed by atoms with E-state index in [0.29, 0.717) is 26.8 Å². The number of aromatic nitrogens is 1. The van der Waals surface area contributed by atoms with Crippen LogP contribution >= 0.6 is 28.1 Å². The summed E-state index contributed by atoms with van der Waals surface area (Å²) in [5, 5.41) is 14.3. The van der Waals surface area contributed by atoms with Crippen molar-refractivity contribution >= 4 is 38.9 Å². The Hall–Kier alpha value is -3.23. The molecule has 0 aliphatic carbocycles. The minimum atomic E-state index is -0.404. The lowest BCUT2D eigenvalue weighted by molar-refractivity contribution is 0.434. The standard InChI is InChI=1S/C24H17BrFN3O2S/c25-16-13-14(26)8-9-15(16)20-10-11-21(31-20)23-22(17-5-3-4-12-27-17)28-24(32)29(23)18-6-1-2-7-19(18)30/h1-13,22-23,30H,(H,28,32)/t22-,23-/m1/s1. The first-order chi connectivity index (χ1) is 15.5. The summed E-state index contributed by atoms with van der Waals surface area (Å²) in [5.74, 6) is 0.985. The van der Waals surface area contributed by atoms with E-state index < -0.39 is 6.04 Å². The molecule has 2 N–H and O–H groups in total. The number of aromatic hydroxyl groups is 1. The predicted molar refractivity (Wildman–Crippen MR) is 128 cm³/mol. The van der Waals surface area contributed by atoms with Crippen LogP contribution in [-0.2, 0) is 0 Å². The van der Waals surface area contributed by atoms with Crippen LogP contribution in [0.25, 0.3) is 11.3 Å². The van der Waals surface area contributed by atoms with Gasteiger partial charge in [0.05, 0.1) is 17.4 Å². The molecule has 2 aromatic heterocycles. The maximum absolute atomic E-state index is 13.6. The second-order valence-corrected chi connectivity index (χ2v) is 8.55. The van der Waals surface area contributed by atoms with Gasteiger partial charge in [0.2, 0.25) is 0 Å². The number of halogens is 2. The van der Waals surface area contributed by atoms with Gasteiger partial charge in [-0.25, -0.2) is 4.39 Å². The Balaban J connectivity index is 1.62. The lowest BCUT2D eigenvalue weighted by Crippen LogP contribution is -2.29. The van der Waals surface area contributed by atoms with Crippen molar-refractivity contribution in [2.75, 3.05) is 4.90 Å². The number of phenols is 1. The van der Waals surface area contributed by atoms with E-state index in [2.05, 4.69) is 26.2 Å². The predicted octanol–water partition coefficient (Wildman–Crippen LogP) is 6.13. The smallest absolute Gasteiger partial charge is 0.174 e. The van der Waals surface area contributed by atoms with Gasteiger partial charge in [-0.1, -0.05) is 18.2 Å². The van der Waals surface area contributed by atoms with E-state index in [4.69, 9.17) is 16.6 Å². The number of pyridine rings is 1. The third-order valence-electron chi connectivity index (χ3n) is 5.35. The fraction of sp³-hybridized carbons (Fsp3) is 0.0833. The zero-order chi connectivity index (χ0) is 22.2. The van der Waals surface area contributed by atoms with Crippen molar-refractivity contribution in [1.29, 1.82) is 0 Å². The third-order valence-corrected chi connectivity index (χ3v) is 6.32. The first kappa shape index (κ1) is 20.7. The normalized spacial score (nSPS) is 18.1. The van der Waals surface area contributed by atoms with Crippen molar-refractivity contribution in [1.82, 2.24) is 10.3 Å². The zero-order valence-corrected chi connectivity index (χ0v) is 19.0. The minimum absolute atomic E-state index is 0.108. The van der Waals surface area contributed by atoms with Gasteiger partial charge < -0.3 is 19.7 Å². The van der Waals surface area contributed by atoms with Crippen LogP contribution in [0, 0.1) is 5.82 Å². The average molecular weight is 510 g/mol. The number of phenolic OH excluding ortho intramolecular Hbond substituents is 1. The van der Waals surface area contributed by atoms with E-state index in [0.717, 1.165) is 11.3 Å². The van der Waals surface area contributed by atoms with Crippen molar-refractivity contribution in [2.24, 2.45) is 0 Å². The van der Waals surface area contributed by atoms with Crippen molar-refractivity contribution in [2.45, 2.75) is 12.1 Å². The van der Waals surface area contributed by atoms with Gasteiger partial charge in [0, 0.05) is 16.2 Å². The minimum Gasteiger partial charge on any atom is -0.506 e. The quantitative estimate of drug-likeness (QED) is 0.323. The molecule has 1 saturated heterocycles. The Morgan fingerprint density at radius 3 is 2.62 bits per heavy atom. The van der Waals surface area contributed by atoms with Crippen LogP contribution in [-0.4, -0.2) is 15.2 Å². The van der Waals surface area contributed by atoms with Crippen molar-refractivity contribution in [3.63, 3.8) is 0 Å². The Morgan fingerprint density at radius 2 is 1.88 bits per heavy atom. The van der Waals surface area contributed by atoms with Gasteiger partial charge in [0.15, 0.2) is 5.11 Å². The first-order valence-corrected chi connectivity index (χ1v) is 11.1. The highest BCUT2D eigenvalue weighted by atomic mass is 79.9. The van der Waals surface area contributed by atoms with Crippen LogP contribution in [0.1, 0.15) is 23.5 Å². The van der Waals surface area contributed by atoms with Crippen LogP contribution in [0.2, 0.25) is 0 Å². The van der Waals surface area contributed by atoms with Crippen molar-refractivity contribution in [3.05, 3.63) is 101 Å². The van der Waals surface area contributed by atoms with Crippen molar-refractivity contribution < 1.29 is 13.9 Å². The van der Waals surface area contributed by atoms with Crippen molar-refractivity contribution in [3.8, 4) is 17.1 Å². The number of benzene rings is 2. The maximum Gasteiger partial charge on any atom is 0.174 e. The van der Waals surface area contributed by atoms with Gasteiger partial charge in [-0.05, 0) is 82.7 Å². The Bertz CT molecular complexity index is 1300. The molecule has 1 aliphatic rings. The largest absolute Gasteiger partial charge is 0.506 e. The van der Waals surface area contributed by atoms with E-state index >= 15 is 0 Å². The number of thiocarbonyl (C=S) groups is 1. The summed E-state index contributed by atoms with van der Waals surface area (Å²) < 4.78 is 20.4. The molecule has 0 saturated carbocycles. The Morgan fingerprint density at radius 1 is 1.06 bits per heavy atom. The second-order valence-electron chi connectivity index (χ2n) is 7.31. The van der Waals surface area contributed by atoms with Gasteiger partial charge in [0.25, 0.3) is 0 Å². The van der Waals surface area contributed by atoms with Gasteiger partial charge in [-0.2, -0.15) is 0 Å². The molecular formula is C24H17BrFN3O2S. The molecule has 2 atom stereocenters. The van der Waals surface area contributed by atoms with Crippen LogP contribution in [0.5, 0.6) is 5.75 Å². The van der Waals surface area contributed by atoms with Crippen LogP contribution in [0.3, 0.4) is 0 Å². The molecule has 2 aromatic carbocycles. The highest BCUT2D eigenvalue weighted by Crippen LogP contribution is 2.45. The molecule has 1 aliphatic heterocycles. The fourth-order valence-corrected chi connectivity index (χ4v) is 4.80. The molecular weight excluding hydrogens is 493 g/mol. The number of anilines is 1. The topological polar surface area (TPSA) is 61.5 Å². The molecule has 3 heterocycles. The lowest BCUT2D eigenvalue weighted by Gasteiger charge is -2.26. The lowest BCUT2D eigenvalue weighted by atomic mass is 10.0. The number of nitrogens with one attached hydrogen (secondary N) is 1. The Labute approximate surface area is 197 Å². The summed E-state index contributed by atoms with van der Waals surface area (Å²) in [5.41, 5.74) is 2.09. The third kappa shape index (κ3) is 3.65. The highest BCUT2D eigenvalue weighted by molar-refractivity contribution is 9.10. The summed E-state index contributed by atoms with van der Waals surface area (Å²) in [6.07, 6.45) is 1.73. The van der Waals surface area contributed by atoms with E-state index in [1.165, 1.54) is 12.1 Å². The molecule has 0 amide bonds. The Kier molecular flexibility index (Phi) is 5.40. The molecule has 4 aromatic rings. The first-order valence-electron chi connectivity index (χ1n) is 9.87. The van der Waals surface area contributed by atoms with E-state index in [-0.39, 0.29) is 17.6 Å². The number of hydrogen-bond acceptors (Lipinski definition) is 4. The van der Waals surface area contributed by atoms with Gasteiger partial charge in [-0.15, -0.1) is 0 Å². The molecule has 0 unspecified atom stereocenters. The molecule has 5 rings (SSSR count). The number of rotatable bonds is 4. The molecule has 0 radical (unpaired) electrons. The highest BCUT2D eigenvalue weighted by Gasteiger charge is 2.43. The molecule has 0 bridgehead atoms. The fourth-order valence-electron chi connectivity index (χ4n) is 3.92. The van der Waals surface area contributed by atoms with Gasteiger partial charge in [0.1, 0.15) is 29.1 Å². The summed E-state index contributed by atoms with van der Waals surface area (Å²) >= 11 is 9.06. The molecule has 0 spiro atoms. The summed E-state index contributed by atoms with van der Waals surface area (Å²) in [6.45, 7) is 0. The van der Waals surface area contributed by atoms with Gasteiger partial charge in [-0.3, -0.25) is 4.98 Å². The van der Waals surface area contributed by atoms with E-state index in [1.807, 2.05) is 41.3 Å². The van der Waals surface area contributed by atoms with E-state index in [9.17, 15) is 9.50 Å². The molecule has 32 heavy (non-hydrogen) atoms. The summed E-state index contributed by atoms with van der Waals surface area (Å²) in [7, 11) is 0. The van der Waals surface area contributed by atoms with Gasteiger partial charge >= 0.3 is 0 Å². The molecule has 5 nitrogen and oxygen atoms in total. The van der Waals surface area contributed by atoms with Crippen LogP contribution in [0.15, 0.2) is 87.9 Å². The summed E-state index contributed by atoms with van der Waals surface area (Å²) in [4.78, 5) is 6.35. The van der Waals surface area contributed by atoms with Crippen LogP contribution in [0.4, 0.5) is 10.1 Å². The summed E-state index contributed by atoms with van der Waals surface area (Å²) in [6, 6.07) is 20.1. The number of furan rings is 1. The molecule has 160 valence electrons. The number of hydrogen-bond donors (Lipinski definition) is 2. The maximum atomic E-state index is 13.6. The second kappa shape index (κ2) is 8.37. The zero-order valence-electron chi connectivity index (χ0n) is 16.6. The number of nitrogens with zero attached hydrogens (tertiary/aromatic N) is 2. The number of para-hydroxylation sites is 2. The molecule has 8 heteroatoms. The average Bonchev–Trinajstić information content (AvgIpc) is 3.39. The van der Waals surface area contributed by atoms with E-state index in [1.54, 1.807) is 30.5 Å².